The Morgan fingerprint density at radius 1 is 1.40 bits per heavy atom. The van der Waals surface area contributed by atoms with Gasteiger partial charge in [0.25, 0.3) is 0 Å². The standard InChI is InChI=1S/C19H23FN4O/c1-24-18(5-8-23-24)19-14(6-9-25-19)11-21-7-4-13-12-22-17-3-2-15(20)10-16(13)17/h2-3,5,8,10,12,14,19,21-22H,4,6-7,9,11H2,1H3/t14-,19+/m0/s1. The number of halogens is 1. The summed E-state index contributed by atoms with van der Waals surface area (Å²) in [4.78, 5) is 3.21. The van der Waals surface area contributed by atoms with Gasteiger partial charge >= 0.3 is 0 Å². The molecular formula is C19H23FN4O. The van der Waals surface area contributed by atoms with E-state index in [2.05, 4.69) is 15.4 Å². The number of aromatic nitrogens is 3. The molecule has 132 valence electrons. The Morgan fingerprint density at radius 2 is 2.32 bits per heavy atom. The van der Waals surface area contributed by atoms with E-state index in [1.54, 1.807) is 12.1 Å². The molecule has 1 aliphatic heterocycles. The van der Waals surface area contributed by atoms with Crippen molar-refractivity contribution in [3.05, 3.63) is 53.7 Å². The summed E-state index contributed by atoms with van der Waals surface area (Å²) in [6, 6.07) is 6.91. The summed E-state index contributed by atoms with van der Waals surface area (Å²) in [6.45, 7) is 2.56. The Balaban J connectivity index is 1.33. The van der Waals surface area contributed by atoms with Crippen LogP contribution in [0.25, 0.3) is 10.9 Å². The number of aromatic amines is 1. The minimum absolute atomic E-state index is 0.113. The van der Waals surface area contributed by atoms with E-state index in [1.165, 1.54) is 6.07 Å². The molecule has 4 rings (SSSR count). The highest BCUT2D eigenvalue weighted by molar-refractivity contribution is 5.83. The maximum atomic E-state index is 13.4. The lowest BCUT2D eigenvalue weighted by molar-refractivity contribution is 0.0839. The number of H-pyrrole nitrogens is 1. The summed E-state index contributed by atoms with van der Waals surface area (Å²) in [5, 5.41) is 8.75. The topological polar surface area (TPSA) is 54.9 Å². The van der Waals surface area contributed by atoms with Crippen molar-refractivity contribution >= 4 is 10.9 Å². The molecular weight excluding hydrogens is 319 g/mol. The minimum Gasteiger partial charge on any atom is -0.372 e. The van der Waals surface area contributed by atoms with Crippen LogP contribution < -0.4 is 5.32 Å². The zero-order valence-electron chi connectivity index (χ0n) is 14.3. The highest BCUT2D eigenvalue weighted by Gasteiger charge is 2.31. The first-order chi connectivity index (χ1) is 12.2. The molecule has 3 aromatic rings. The first kappa shape index (κ1) is 16.3. The van der Waals surface area contributed by atoms with E-state index in [4.69, 9.17) is 4.74 Å². The third-order valence-electron chi connectivity index (χ3n) is 5.07. The Bertz CT molecular complexity index is 856. The van der Waals surface area contributed by atoms with Crippen molar-refractivity contribution in [3.8, 4) is 0 Å². The molecule has 0 spiro atoms. The van der Waals surface area contributed by atoms with Crippen LogP contribution in [0.3, 0.4) is 0 Å². The van der Waals surface area contributed by atoms with E-state index in [-0.39, 0.29) is 11.9 Å². The number of ether oxygens (including phenoxy) is 1. The van der Waals surface area contributed by atoms with Gasteiger partial charge in [-0.25, -0.2) is 4.39 Å². The second kappa shape index (κ2) is 6.98. The van der Waals surface area contributed by atoms with Crippen LogP contribution in [0.5, 0.6) is 0 Å². The van der Waals surface area contributed by atoms with Crippen molar-refractivity contribution in [2.75, 3.05) is 19.7 Å². The van der Waals surface area contributed by atoms with Gasteiger partial charge in [0.05, 0.1) is 5.69 Å². The third-order valence-corrected chi connectivity index (χ3v) is 5.07. The first-order valence-corrected chi connectivity index (χ1v) is 8.78. The number of benzene rings is 1. The summed E-state index contributed by atoms with van der Waals surface area (Å²) in [5.41, 5.74) is 3.26. The fourth-order valence-electron chi connectivity index (χ4n) is 3.70. The maximum absolute atomic E-state index is 13.4. The van der Waals surface area contributed by atoms with Gasteiger partial charge in [-0.05, 0) is 49.2 Å². The Labute approximate surface area is 146 Å². The Hall–Kier alpha value is -2.18. The van der Waals surface area contributed by atoms with E-state index in [1.807, 2.05) is 30.2 Å². The van der Waals surface area contributed by atoms with Gasteiger partial charge in [-0.2, -0.15) is 5.10 Å². The number of rotatable bonds is 6. The fourth-order valence-corrected chi connectivity index (χ4v) is 3.70. The molecule has 1 aliphatic rings. The van der Waals surface area contributed by atoms with Crippen LogP contribution in [0.2, 0.25) is 0 Å². The predicted octanol–water partition coefficient (Wildman–Crippen LogP) is 2.95. The van der Waals surface area contributed by atoms with Gasteiger partial charge in [-0.3, -0.25) is 4.68 Å². The number of fused-ring (bicyclic) bond motifs is 1. The lowest BCUT2D eigenvalue weighted by Gasteiger charge is -2.19. The highest BCUT2D eigenvalue weighted by atomic mass is 19.1. The average molecular weight is 342 g/mol. The molecule has 0 saturated carbocycles. The van der Waals surface area contributed by atoms with Crippen molar-refractivity contribution in [2.45, 2.75) is 18.9 Å². The summed E-state index contributed by atoms with van der Waals surface area (Å²) in [7, 11) is 1.96. The van der Waals surface area contributed by atoms with Crippen LogP contribution in [0, 0.1) is 11.7 Å². The van der Waals surface area contributed by atoms with Crippen molar-refractivity contribution in [1.29, 1.82) is 0 Å². The summed E-state index contributed by atoms with van der Waals surface area (Å²) in [6.07, 6.45) is 5.83. The molecule has 0 bridgehead atoms. The molecule has 6 heteroatoms. The molecule has 2 aromatic heterocycles. The molecule has 0 unspecified atom stereocenters. The van der Waals surface area contributed by atoms with Crippen molar-refractivity contribution < 1.29 is 9.13 Å². The lowest BCUT2D eigenvalue weighted by atomic mass is 9.99. The quantitative estimate of drug-likeness (QED) is 0.677. The number of hydrogen-bond donors (Lipinski definition) is 2. The van der Waals surface area contributed by atoms with E-state index in [9.17, 15) is 4.39 Å². The molecule has 1 fully saturated rings. The molecule has 25 heavy (non-hydrogen) atoms. The zero-order chi connectivity index (χ0) is 17.2. The molecule has 3 heterocycles. The minimum atomic E-state index is -0.191. The number of hydrogen-bond acceptors (Lipinski definition) is 3. The second-order valence-electron chi connectivity index (χ2n) is 6.68. The maximum Gasteiger partial charge on any atom is 0.123 e. The van der Waals surface area contributed by atoms with E-state index < -0.39 is 0 Å². The van der Waals surface area contributed by atoms with Crippen molar-refractivity contribution in [1.82, 2.24) is 20.1 Å². The van der Waals surface area contributed by atoms with Gasteiger partial charge in [0.1, 0.15) is 11.9 Å². The van der Waals surface area contributed by atoms with Crippen LogP contribution in [0.4, 0.5) is 4.39 Å². The number of nitrogens with zero attached hydrogens (tertiary/aromatic N) is 2. The van der Waals surface area contributed by atoms with Gasteiger partial charge in [0, 0.05) is 49.4 Å². The summed E-state index contributed by atoms with van der Waals surface area (Å²) in [5.74, 6) is 0.263. The monoisotopic (exact) mass is 342 g/mol. The van der Waals surface area contributed by atoms with Gasteiger partial charge in [0.2, 0.25) is 0 Å². The van der Waals surface area contributed by atoms with Crippen LogP contribution in [0.15, 0.2) is 36.7 Å². The van der Waals surface area contributed by atoms with Crippen LogP contribution in [-0.4, -0.2) is 34.5 Å². The molecule has 2 N–H and O–H groups in total. The lowest BCUT2D eigenvalue weighted by Crippen LogP contribution is -2.27. The van der Waals surface area contributed by atoms with Gasteiger partial charge in [-0.1, -0.05) is 0 Å². The Kier molecular flexibility index (Phi) is 4.55. The van der Waals surface area contributed by atoms with Crippen LogP contribution >= 0.6 is 0 Å². The zero-order valence-corrected chi connectivity index (χ0v) is 14.3. The van der Waals surface area contributed by atoms with Crippen molar-refractivity contribution in [2.24, 2.45) is 13.0 Å². The van der Waals surface area contributed by atoms with Crippen LogP contribution in [0.1, 0.15) is 23.8 Å². The van der Waals surface area contributed by atoms with Crippen LogP contribution in [-0.2, 0) is 18.2 Å². The van der Waals surface area contributed by atoms with E-state index in [0.717, 1.165) is 54.7 Å². The average Bonchev–Trinajstić information content (AvgIpc) is 3.31. The molecule has 2 atom stereocenters. The van der Waals surface area contributed by atoms with Crippen molar-refractivity contribution in [3.63, 3.8) is 0 Å². The van der Waals surface area contributed by atoms with Gasteiger partial charge < -0.3 is 15.0 Å². The number of nitrogens with one attached hydrogen (secondary N) is 2. The fraction of sp³-hybridized carbons (Fsp3) is 0.421. The summed E-state index contributed by atoms with van der Waals surface area (Å²) >= 11 is 0. The molecule has 0 radical (unpaired) electrons. The molecule has 5 nitrogen and oxygen atoms in total. The first-order valence-electron chi connectivity index (χ1n) is 8.78. The normalized spacial score (nSPS) is 20.6. The third kappa shape index (κ3) is 3.32. The summed E-state index contributed by atoms with van der Waals surface area (Å²) < 4.78 is 21.3. The Morgan fingerprint density at radius 3 is 3.16 bits per heavy atom. The largest absolute Gasteiger partial charge is 0.372 e. The predicted molar refractivity (Wildman–Crippen MR) is 94.8 cm³/mol. The smallest absolute Gasteiger partial charge is 0.123 e. The molecule has 1 aromatic carbocycles. The van der Waals surface area contributed by atoms with Gasteiger partial charge in [-0.15, -0.1) is 0 Å². The SMILES string of the molecule is Cn1nccc1[C@@H]1OCC[C@H]1CNCCc1c[nH]c2ccc(F)cc12. The molecule has 1 saturated heterocycles. The molecule has 0 aliphatic carbocycles. The second-order valence-corrected chi connectivity index (χ2v) is 6.68. The highest BCUT2D eigenvalue weighted by Crippen LogP contribution is 2.33. The van der Waals surface area contributed by atoms with E-state index >= 15 is 0 Å². The number of aryl methyl sites for hydroxylation is 1. The van der Waals surface area contributed by atoms with E-state index in [0.29, 0.717) is 5.92 Å². The molecule has 0 amide bonds. The van der Waals surface area contributed by atoms with Gasteiger partial charge in [0.15, 0.2) is 0 Å².